The third kappa shape index (κ3) is 3.55. The molecule has 0 bridgehead atoms. The number of ether oxygens (including phenoxy) is 1. The van der Waals surface area contributed by atoms with Crippen molar-refractivity contribution >= 4 is 44.8 Å². The molecule has 8 heteroatoms. The Labute approximate surface area is 139 Å². The summed E-state index contributed by atoms with van der Waals surface area (Å²) in [5, 5.41) is 13.4. The Morgan fingerprint density at radius 1 is 1.32 bits per heavy atom. The molecule has 0 fully saturated rings. The second-order valence-corrected chi connectivity index (χ2v) is 5.54. The van der Waals surface area contributed by atoms with E-state index in [0.29, 0.717) is 15.8 Å². The van der Waals surface area contributed by atoms with Crippen LogP contribution in [0.5, 0.6) is 5.75 Å². The average Bonchev–Trinajstić information content (AvgIpc) is 2.48. The number of benzene rings is 2. The SMILES string of the molecule is COc1ccc(Br)cc1C(=O)Nc1ccc(Cl)c([N+](=O)[O-])c1. The third-order valence-corrected chi connectivity index (χ3v) is 3.62. The van der Waals surface area contributed by atoms with Gasteiger partial charge in [-0.3, -0.25) is 14.9 Å². The van der Waals surface area contributed by atoms with Gasteiger partial charge in [-0.15, -0.1) is 0 Å². The van der Waals surface area contributed by atoms with Crippen molar-refractivity contribution in [1.29, 1.82) is 0 Å². The van der Waals surface area contributed by atoms with E-state index in [4.69, 9.17) is 16.3 Å². The number of nitrogens with zero attached hydrogens (tertiary/aromatic N) is 1. The van der Waals surface area contributed by atoms with Crippen molar-refractivity contribution < 1.29 is 14.5 Å². The van der Waals surface area contributed by atoms with Crippen LogP contribution in [0.1, 0.15) is 10.4 Å². The number of anilines is 1. The number of methoxy groups -OCH3 is 1. The molecule has 0 heterocycles. The first-order chi connectivity index (χ1) is 10.4. The minimum atomic E-state index is -0.613. The molecule has 0 aromatic heterocycles. The molecule has 0 unspecified atom stereocenters. The molecule has 2 aromatic rings. The van der Waals surface area contributed by atoms with Gasteiger partial charge in [0, 0.05) is 16.2 Å². The lowest BCUT2D eigenvalue weighted by Crippen LogP contribution is -2.13. The molecule has 0 spiro atoms. The Hall–Kier alpha value is -2.12. The summed E-state index contributed by atoms with van der Waals surface area (Å²) >= 11 is 9.01. The Kier molecular flexibility index (Phi) is 4.99. The molecule has 0 aliphatic carbocycles. The second-order valence-electron chi connectivity index (χ2n) is 4.22. The van der Waals surface area contributed by atoms with Gasteiger partial charge in [-0.2, -0.15) is 0 Å². The monoisotopic (exact) mass is 384 g/mol. The topological polar surface area (TPSA) is 81.5 Å². The predicted molar refractivity (Wildman–Crippen MR) is 86.8 cm³/mol. The van der Waals surface area contributed by atoms with Gasteiger partial charge in [0.15, 0.2) is 0 Å². The van der Waals surface area contributed by atoms with Crippen LogP contribution < -0.4 is 10.1 Å². The van der Waals surface area contributed by atoms with Gasteiger partial charge in [-0.25, -0.2) is 0 Å². The minimum absolute atomic E-state index is 0.00281. The van der Waals surface area contributed by atoms with Crippen LogP contribution in [-0.4, -0.2) is 17.9 Å². The Morgan fingerprint density at radius 3 is 2.68 bits per heavy atom. The summed E-state index contributed by atoms with van der Waals surface area (Å²) in [5.41, 5.74) is 0.290. The van der Waals surface area contributed by atoms with Crippen molar-refractivity contribution in [2.45, 2.75) is 0 Å². The molecule has 0 aliphatic rings. The highest BCUT2D eigenvalue weighted by molar-refractivity contribution is 9.10. The van der Waals surface area contributed by atoms with Gasteiger partial charge >= 0.3 is 0 Å². The van der Waals surface area contributed by atoms with Gasteiger partial charge in [-0.1, -0.05) is 27.5 Å². The number of amides is 1. The van der Waals surface area contributed by atoms with Gasteiger partial charge in [0.1, 0.15) is 10.8 Å². The van der Waals surface area contributed by atoms with Gasteiger partial charge in [-0.05, 0) is 30.3 Å². The molecule has 1 amide bonds. The zero-order valence-electron chi connectivity index (χ0n) is 11.3. The number of rotatable bonds is 4. The van der Waals surface area contributed by atoms with Gasteiger partial charge < -0.3 is 10.1 Å². The summed E-state index contributed by atoms with van der Waals surface area (Å²) in [6.07, 6.45) is 0. The molecule has 2 aromatic carbocycles. The second kappa shape index (κ2) is 6.76. The third-order valence-electron chi connectivity index (χ3n) is 2.81. The number of nitro benzene ring substituents is 1. The standard InChI is InChI=1S/C14H10BrClN2O4/c1-22-13-5-2-8(15)6-10(13)14(19)17-9-3-4-11(16)12(7-9)18(20)21/h2-7H,1H3,(H,17,19). The maximum absolute atomic E-state index is 12.3. The molecular weight excluding hydrogens is 376 g/mol. The number of hydrogen-bond donors (Lipinski definition) is 1. The van der Waals surface area contributed by atoms with Crippen LogP contribution in [0.15, 0.2) is 40.9 Å². The number of carbonyl (C=O) groups is 1. The highest BCUT2D eigenvalue weighted by atomic mass is 79.9. The molecule has 22 heavy (non-hydrogen) atoms. The fourth-order valence-corrected chi connectivity index (χ4v) is 2.33. The maximum atomic E-state index is 12.3. The Balaban J connectivity index is 2.31. The number of nitrogens with one attached hydrogen (secondary N) is 1. The van der Waals surface area contributed by atoms with E-state index in [0.717, 1.165) is 0 Å². The quantitative estimate of drug-likeness (QED) is 0.629. The smallest absolute Gasteiger partial charge is 0.289 e. The van der Waals surface area contributed by atoms with Crippen molar-refractivity contribution in [2.75, 3.05) is 12.4 Å². The zero-order valence-corrected chi connectivity index (χ0v) is 13.6. The molecule has 2 rings (SSSR count). The molecule has 114 valence electrons. The van der Waals surface area contributed by atoms with Crippen molar-refractivity contribution in [2.24, 2.45) is 0 Å². The van der Waals surface area contributed by atoms with E-state index in [2.05, 4.69) is 21.2 Å². The van der Waals surface area contributed by atoms with Crippen LogP contribution in [0.4, 0.5) is 11.4 Å². The van der Waals surface area contributed by atoms with Crippen molar-refractivity contribution in [3.63, 3.8) is 0 Å². The normalized spacial score (nSPS) is 10.1. The lowest BCUT2D eigenvalue weighted by molar-refractivity contribution is -0.384. The highest BCUT2D eigenvalue weighted by Gasteiger charge is 2.16. The largest absolute Gasteiger partial charge is 0.496 e. The summed E-state index contributed by atoms with van der Waals surface area (Å²) in [6.45, 7) is 0. The van der Waals surface area contributed by atoms with Gasteiger partial charge in [0.2, 0.25) is 0 Å². The Morgan fingerprint density at radius 2 is 2.05 bits per heavy atom. The molecule has 6 nitrogen and oxygen atoms in total. The van der Waals surface area contributed by atoms with E-state index in [-0.39, 0.29) is 16.4 Å². The predicted octanol–water partition coefficient (Wildman–Crippen LogP) is 4.27. The summed E-state index contributed by atoms with van der Waals surface area (Å²) in [7, 11) is 1.45. The molecular formula is C14H10BrClN2O4. The molecule has 1 N–H and O–H groups in total. The van der Waals surface area contributed by atoms with Crippen LogP contribution in [0.3, 0.4) is 0 Å². The van der Waals surface area contributed by atoms with E-state index >= 15 is 0 Å². The van der Waals surface area contributed by atoms with Crippen molar-refractivity contribution in [3.8, 4) is 5.75 Å². The Bertz CT molecular complexity index is 752. The van der Waals surface area contributed by atoms with E-state index in [1.54, 1.807) is 18.2 Å². The number of halogens is 2. The lowest BCUT2D eigenvalue weighted by Gasteiger charge is -2.10. The van der Waals surface area contributed by atoms with E-state index in [1.165, 1.54) is 25.3 Å². The first-order valence-corrected chi connectivity index (χ1v) is 7.18. The summed E-state index contributed by atoms with van der Waals surface area (Å²) in [5.74, 6) is -0.0565. The highest BCUT2D eigenvalue weighted by Crippen LogP contribution is 2.29. The maximum Gasteiger partial charge on any atom is 0.289 e. The first-order valence-electron chi connectivity index (χ1n) is 6.01. The molecule has 0 atom stereocenters. The first kappa shape index (κ1) is 16.3. The van der Waals surface area contributed by atoms with Crippen LogP contribution >= 0.6 is 27.5 Å². The molecule has 0 saturated heterocycles. The van der Waals surface area contributed by atoms with Crippen molar-refractivity contribution in [3.05, 3.63) is 61.6 Å². The molecule has 0 saturated carbocycles. The average molecular weight is 386 g/mol. The van der Waals surface area contributed by atoms with Gasteiger partial charge in [0.25, 0.3) is 11.6 Å². The summed E-state index contributed by atoms with van der Waals surface area (Å²) in [4.78, 5) is 22.5. The number of carbonyl (C=O) groups excluding carboxylic acids is 1. The van der Waals surface area contributed by atoms with Crippen LogP contribution in [0.25, 0.3) is 0 Å². The fourth-order valence-electron chi connectivity index (χ4n) is 1.79. The van der Waals surface area contributed by atoms with Crippen LogP contribution in [0, 0.1) is 10.1 Å². The van der Waals surface area contributed by atoms with E-state index in [9.17, 15) is 14.9 Å². The van der Waals surface area contributed by atoms with Crippen molar-refractivity contribution in [1.82, 2.24) is 0 Å². The number of hydrogen-bond acceptors (Lipinski definition) is 4. The number of nitro groups is 1. The molecule has 0 radical (unpaired) electrons. The zero-order chi connectivity index (χ0) is 16.3. The van der Waals surface area contributed by atoms with Gasteiger partial charge in [0.05, 0.1) is 17.6 Å². The van der Waals surface area contributed by atoms with E-state index in [1.807, 2.05) is 0 Å². The van der Waals surface area contributed by atoms with Crippen LogP contribution in [-0.2, 0) is 0 Å². The summed E-state index contributed by atoms with van der Waals surface area (Å²) in [6, 6.07) is 9.01. The minimum Gasteiger partial charge on any atom is -0.496 e. The fraction of sp³-hybridized carbons (Fsp3) is 0.0714. The molecule has 0 aliphatic heterocycles. The summed E-state index contributed by atoms with van der Waals surface area (Å²) < 4.78 is 5.84. The van der Waals surface area contributed by atoms with Crippen LogP contribution in [0.2, 0.25) is 5.02 Å². The van der Waals surface area contributed by atoms with E-state index < -0.39 is 10.8 Å². The lowest BCUT2D eigenvalue weighted by atomic mass is 10.2.